The molecule has 40 heavy (non-hydrogen) atoms. The number of piperidine rings is 1. The molecule has 1 aliphatic rings. The molecular weight excluding hydrogens is 536 g/mol. The van der Waals surface area contributed by atoms with Crippen molar-refractivity contribution < 1.29 is 22.7 Å². The number of nitrogens with zero attached hydrogens (tertiary/aromatic N) is 5. The van der Waals surface area contributed by atoms with E-state index in [9.17, 15) is 18.0 Å². The molecule has 0 spiro atoms. The lowest BCUT2D eigenvalue weighted by Crippen LogP contribution is -2.39. The number of primary amides is 1. The number of aromatic nitrogens is 4. The summed E-state index contributed by atoms with van der Waals surface area (Å²) in [4.78, 5) is 34.7. The van der Waals surface area contributed by atoms with E-state index in [0.717, 1.165) is 12.8 Å². The van der Waals surface area contributed by atoms with E-state index in [-0.39, 0.29) is 45.7 Å². The molecule has 2 aromatic heterocycles. The number of sulfone groups is 1. The lowest BCUT2D eigenvalue weighted by atomic mass is 10.1. The van der Waals surface area contributed by atoms with Gasteiger partial charge in [-0.1, -0.05) is 13.5 Å². The number of amides is 2. The topological polar surface area (TPSA) is 174 Å². The van der Waals surface area contributed by atoms with Crippen molar-refractivity contribution in [3.05, 3.63) is 54.5 Å². The Bertz CT molecular complexity index is 1550. The fraction of sp³-hybridized carbons (Fsp3) is 0.346. The molecule has 3 aromatic rings. The summed E-state index contributed by atoms with van der Waals surface area (Å²) in [5.41, 5.74) is 7.19. The van der Waals surface area contributed by atoms with E-state index < -0.39 is 15.7 Å². The van der Waals surface area contributed by atoms with Crippen molar-refractivity contribution in [3.8, 4) is 5.75 Å². The summed E-state index contributed by atoms with van der Waals surface area (Å²) in [6, 6.07) is 2.96. The van der Waals surface area contributed by atoms with Crippen LogP contribution in [0, 0.1) is 6.92 Å². The van der Waals surface area contributed by atoms with Crippen molar-refractivity contribution in [3.63, 3.8) is 0 Å². The highest BCUT2D eigenvalue weighted by atomic mass is 32.2. The summed E-state index contributed by atoms with van der Waals surface area (Å²) in [5.74, 6) is -0.381. The summed E-state index contributed by atoms with van der Waals surface area (Å²) in [6.07, 6.45) is 7.75. The minimum absolute atomic E-state index is 0.0125. The van der Waals surface area contributed by atoms with Crippen LogP contribution < -0.4 is 21.1 Å². The molecule has 0 saturated carbocycles. The highest BCUT2D eigenvalue weighted by Gasteiger charge is 2.24. The molecule has 1 aromatic carbocycles. The van der Waals surface area contributed by atoms with Gasteiger partial charge in [0.25, 0.3) is 5.91 Å². The Labute approximate surface area is 232 Å². The van der Waals surface area contributed by atoms with Crippen molar-refractivity contribution in [2.45, 2.75) is 37.6 Å². The third kappa shape index (κ3) is 6.06. The average molecular weight is 569 g/mol. The molecule has 1 aliphatic heterocycles. The Morgan fingerprint density at radius 2 is 2.05 bits per heavy atom. The first-order chi connectivity index (χ1) is 19.1. The van der Waals surface area contributed by atoms with Crippen LogP contribution in [0.25, 0.3) is 0 Å². The highest BCUT2D eigenvalue weighted by molar-refractivity contribution is 7.91. The Kier molecular flexibility index (Phi) is 8.38. The molecule has 0 aliphatic carbocycles. The number of methoxy groups -OCH3 is 1. The van der Waals surface area contributed by atoms with Gasteiger partial charge in [-0.2, -0.15) is 10.1 Å². The number of benzene rings is 1. The molecule has 1 saturated heterocycles. The van der Waals surface area contributed by atoms with Gasteiger partial charge in [-0.15, -0.1) is 0 Å². The summed E-state index contributed by atoms with van der Waals surface area (Å²) in [6.45, 7) is 8.06. The number of carbonyl (C=O) groups excluding carboxylic acids is 2. The molecule has 13 nitrogen and oxygen atoms in total. The number of nitrogens with two attached hydrogens (primary N) is 1. The van der Waals surface area contributed by atoms with Crippen LogP contribution in [0.1, 0.15) is 41.7 Å². The van der Waals surface area contributed by atoms with Gasteiger partial charge in [0.1, 0.15) is 17.1 Å². The van der Waals surface area contributed by atoms with Crippen molar-refractivity contribution in [1.29, 1.82) is 0 Å². The number of hydrogen-bond acceptors (Lipinski definition) is 10. The lowest BCUT2D eigenvalue weighted by molar-refractivity contribution is -0.127. The first kappa shape index (κ1) is 28.5. The largest absolute Gasteiger partial charge is 0.495 e. The molecule has 4 N–H and O–H groups in total. The molecule has 212 valence electrons. The summed E-state index contributed by atoms with van der Waals surface area (Å²) in [5, 5.41) is 10.6. The zero-order valence-electron chi connectivity index (χ0n) is 22.5. The van der Waals surface area contributed by atoms with Gasteiger partial charge in [-0.25, -0.2) is 13.4 Å². The predicted molar refractivity (Wildman–Crippen MR) is 150 cm³/mol. The number of hydrogen-bond donors (Lipinski definition) is 3. The number of carbonyl (C=O) groups is 2. The van der Waals surface area contributed by atoms with Crippen molar-refractivity contribution >= 4 is 44.8 Å². The smallest absolute Gasteiger partial charge is 0.254 e. The lowest BCUT2D eigenvalue weighted by Gasteiger charge is -2.32. The Morgan fingerprint density at radius 3 is 2.73 bits per heavy atom. The van der Waals surface area contributed by atoms with Gasteiger partial charge in [0, 0.05) is 31.5 Å². The minimum Gasteiger partial charge on any atom is -0.495 e. The zero-order chi connectivity index (χ0) is 29.0. The number of nitrogens with one attached hydrogen (secondary N) is 2. The molecule has 0 radical (unpaired) electrons. The Morgan fingerprint density at radius 1 is 1.27 bits per heavy atom. The third-order valence-electron chi connectivity index (χ3n) is 6.64. The fourth-order valence-corrected chi connectivity index (χ4v) is 5.43. The Balaban J connectivity index is 1.60. The first-order valence-corrected chi connectivity index (χ1v) is 14.3. The predicted octanol–water partition coefficient (Wildman–Crippen LogP) is 2.72. The van der Waals surface area contributed by atoms with E-state index >= 15 is 0 Å². The average Bonchev–Trinajstić information content (AvgIpc) is 3.42. The number of likely N-dealkylation sites (tertiary alicyclic amines) is 1. The maximum atomic E-state index is 12.4. The maximum Gasteiger partial charge on any atom is 0.254 e. The summed E-state index contributed by atoms with van der Waals surface area (Å²) < 4.78 is 32.1. The summed E-state index contributed by atoms with van der Waals surface area (Å²) >= 11 is 0. The second kappa shape index (κ2) is 11.7. The van der Waals surface area contributed by atoms with Gasteiger partial charge in [0.05, 0.1) is 41.4 Å². The molecule has 3 heterocycles. The minimum atomic E-state index is -3.47. The molecule has 4 rings (SSSR count). The quantitative estimate of drug-likeness (QED) is 0.308. The second-order valence-corrected chi connectivity index (χ2v) is 11.6. The van der Waals surface area contributed by atoms with E-state index in [1.54, 1.807) is 35.8 Å². The van der Waals surface area contributed by atoms with E-state index in [1.807, 2.05) is 0 Å². The van der Waals surface area contributed by atoms with Crippen LogP contribution in [-0.4, -0.2) is 70.8 Å². The van der Waals surface area contributed by atoms with Gasteiger partial charge in [0.2, 0.25) is 11.9 Å². The van der Waals surface area contributed by atoms with Crippen LogP contribution in [0.2, 0.25) is 0 Å². The monoisotopic (exact) mass is 568 g/mol. The first-order valence-electron chi connectivity index (χ1n) is 12.6. The van der Waals surface area contributed by atoms with E-state index in [2.05, 4.69) is 32.3 Å². The van der Waals surface area contributed by atoms with E-state index in [0.29, 0.717) is 30.0 Å². The number of rotatable bonds is 10. The van der Waals surface area contributed by atoms with Crippen LogP contribution in [0.15, 0.2) is 48.3 Å². The van der Waals surface area contributed by atoms with Crippen LogP contribution in [-0.2, 0) is 14.6 Å². The number of ether oxygens (including phenoxy) is 1. The maximum absolute atomic E-state index is 12.4. The molecule has 1 atom stereocenters. The molecule has 1 fully saturated rings. The molecule has 0 unspecified atom stereocenters. The number of aryl methyl sites for hydroxylation is 1. The zero-order valence-corrected chi connectivity index (χ0v) is 23.4. The SMILES string of the molecule is C=CC(=O)N1CCC[C@H](n2cc(Nc3ncc(C(N)=O)c(Nc4c(C)cc(S(=O)(=O)CC)cc4OC)n3)cn2)C1. The molecular formula is C26H32N8O5S. The molecule has 14 heteroatoms. The van der Waals surface area contributed by atoms with E-state index in [4.69, 9.17) is 10.5 Å². The van der Waals surface area contributed by atoms with Gasteiger partial charge < -0.3 is 26.0 Å². The Hall–Kier alpha value is -4.46. The van der Waals surface area contributed by atoms with Crippen LogP contribution >= 0.6 is 0 Å². The summed E-state index contributed by atoms with van der Waals surface area (Å²) in [7, 11) is -2.05. The van der Waals surface area contributed by atoms with Gasteiger partial charge in [-0.05, 0) is 37.5 Å². The van der Waals surface area contributed by atoms with Gasteiger partial charge in [0.15, 0.2) is 9.84 Å². The van der Waals surface area contributed by atoms with Gasteiger partial charge in [-0.3, -0.25) is 14.3 Å². The van der Waals surface area contributed by atoms with Crippen molar-refractivity contribution in [2.75, 3.05) is 36.6 Å². The second-order valence-electron chi connectivity index (χ2n) is 9.28. The molecule has 0 bridgehead atoms. The number of anilines is 4. The standard InChI is InChI=1S/C26H32N8O5S/c1-5-22(35)33-9-7-8-18(15-33)34-14-17(12-29-34)30-26-28-13-20(24(27)36)25(32-26)31-23-16(3)10-19(11-21(23)39-4)40(37,38)6-2/h5,10-14,18H,1,6-9,15H2,2-4H3,(H2,27,36)(H2,28,30,31,32)/t18-/m0/s1. The highest BCUT2D eigenvalue weighted by Crippen LogP contribution is 2.35. The fourth-order valence-electron chi connectivity index (χ4n) is 4.46. The van der Waals surface area contributed by atoms with Crippen molar-refractivity contribution in [2.24, 2.45) is 5.73 Å². The van der Waals surface area contributed by atoms with Gasteiger partial charge >= 0.3 is 0 Å². The third-order valence-corrected chi connectivity index (χ3v) is 8.36. The normalized spacial score (nSPS) is 15.4. The molecule has 2 amide bonds. The van der Waals surface area contributed by atoms with Crippen LogP contribution in [0.4, 0.5) is 23.1 Å². The van der Waals surface area contributed by atoms with Crippen LogP contribution in [0.3, 0.4) is 0 Å². The van der Waals surface area contributed by atoms with Crippen molar-refractivity contribution in [1.82, 2.24) is 24.6 Å². The van der Waals surface area contributed by atoms with E-state index in [1.165, 1.54) is 31.5 Å². The van der Waals surface area contributed by atoms with Crippen LogP contribution in [0.5, 0.6) is 5.75 Å².